The molecule has 0 rings (SSSR count). The van der Waals surface area contributed by atoms with Crippen LogP contribution in [0.1, 0.15) is 46.5 Å². The van der Waals surface area contributed by atoms with E-state index in [1.807, 2.05) is 6.92 Å². The first-order chi connectivity index (χ1) is 6.20. The SMILES string of the molecule is CCCCCC(C)NC(=O)OCC. The number of unbranched alkanes of at least 4 members (excludes halogenated alkanes) is 2. The van der Waals surface area contributed by atoms with Crippen molar-refractivity contribution in [2.45, 2.75) is 52.5 Å². The number of amides is 1. The Hall–Kier alpha value is -0.730. The van der Waals surface area contributed by atoms with Crippen LogP contribution in [-0.4, -0.2) is 18.7 Å². The summed E-state index contributed by atoms with van der Waals surface area (Å²) in [7, 11) is 0. The second-order valence-corrected chi connectivity index (χ2v) is 3.26. The standard InChI is InChI=1S/C10H21NO2/c1-4-6-7-8-9(3)11-10(12)13-5-2/h9H,4-8H2,1-3H3,(H,11,12). The van der Waals surface area contributed by atoms with Crippen molar-refractivity contribution < 1.29 is 9.53 Å². The number of carbonyl (C=O) groups excluding carboxylic acids is 1. The molecule has 3 heteroatoms. The van der Waals surface area contributed by atoms with Gasteiger partial charge in [-0.3, -0.25) is 0 Å². The summed E-state index contributed by atoms with van der Waals surface area (Å²) in [5, 5.41) is 2.78. The summed E-state index contributed by atoms with van der Waals surface area (Å²) < 4.78 is 4.77. The molecule has 0 aromatic rings. The van der Waals surface area contributed by atoms with E-state index in [2.05, 4.69) is 12.2 Å². The van der Waals surface area contributed by atoms with Crippen molar-refractivity contribution in [2.75, 3.05) is 6.61 Å². The molecule has 0 aromatic carbocycles. The van der Waals surface area contributed by atoms with Gasteiger partial charge in [0, 0.05) is 6.04 Å². The van der Waals surface area contributed by atoms with Crippen LogP contribution in [0, 0.1) is 0 Å². The number of carbonyl (C=O) groups is 1. The Morgan fingerprint density at radius 2 is 2.08 bits per heavy atom. The molecule has 0 bridgehead atoms. The van der Waals surface area contributed by atoms with E-state index in [9.17, 15) is 4.79 Å². The van der Waals surface area contributed by atoms with Gasteiger partial charge in [0.1, 0.15) is 0 Å². The van der Waals surface area contributed by atoms with E-state index in [-0.39, 0.29) is 12.1 Å². The molecule has 0 aliphatic heterocycles. The normalized spacial score (nSPS) is 12.2. The Morgan fingerprint density at radius 1 is 1.38 bits per heavy atom. The van der Waals surface area contributed by atoms with E-state index < -0.39 is 0 Å². The molecule has 0 radical (unpaired) electrons. The van der Waals surface area contributed by atoms with Crippen LogP contribution in [0.2, 0.25) is 0 Å². The molecule has 0 saturated heterocycles. The second-order valence-electron chi connectivity index (χ2n) is 3.26. The van der Waals surface area contributed by atoms with E-state index in [1.165, 1.54) is 19.3 Å². The van der Waals surface area contributed by atoms with Crippen molar-refractivity contribution in [2.24, 2.45) is 0 Å². The van der Waals surface area contributed by atoms with Gasteiger partial charge in [0.2, 0.25) is 0 Å². The monoisotopic (exact) mass is 187 g/mol. The smallest absolute Gasteiger partial charge is 0.407 e. The predicted molar refractivity (Wildman–Crippen MR) is 53.8 cm³/mol. The lowest BCUT2D eigenvalue weighted by Crippen LogP contribution is -2.32. The van der Waals surface area contributed by atoms with Crippen LogP contribution in [-0.2, 0) is 4.74 Å². The maximum absolute atomic E-state index is 11.0. The van der Waals surface area contributed by atoms with Crippen LogP contribution in [0.3, 0.4) is 0 Å². The molecule has 0 spiro atoms. The van der Waals surface area contributed by atoms with E-state index in [1.54, 1.807) is 6.92 Å². The molecule has 0 heterocycles. The molecule has 1 N–H and O–H groups in total. The first-order valence-corrected chi connectivity index (χ1v) is 5.14. The third kappa shape index (κ3) is 7.62. The quantitative estimate of drug-likeness (QED) is 0.649. The largest absolute Gasteiger partial charge is 0.450 e. The van der Waals surface area contributed by atoms with Crippen LogP contribution in [0.25, 0.3) is 0 Å². The fourth-order valence-electron chi connectivity index (χ4n) is 1.15. The van der Waals surface area contributed by atoms with Gasteiger partial charge in [0.25, 0.3) is 0 Å². The van der Waals surface area contributed by atoms with E-state index >= 15 is 0 Å². The summed E-state index contributed by atoms with van der Waals surface area (Å²) in [4.78, 5) is 11.0. The van der Waals surface area contributed by atoms with Gasteiger partial charge < -0.3 is 10.1 Å². The molecule has 1 unspecified atom stereocenters. The van der Waals surface area contributed by atoms with Crippen LogP contribution in [0.5, 0.6) is 0 Å². The first kappa shape index (κ1) is 12.3. The van der Waals surface area contributed by atoms with E-state index in [4.69, 9.17) is 4.74 Å². The Morgan fingerprint density at radius 3 is 2.62 bits per heavy atom. The third-order valence-corrected chi connectivity index (χ3v) is 1.88. The number of nitrogens with one attached hydrogen (secondary N) is 1. The van der Waals surface area contributed by atoms with Crippen LogP contribution in [0.15, 0.2) is 0 Å². The lowest BCUT2D eigenvalue weighted by atomic mass is 10.1. The molecule has 3 nitrogen and oxygen atoms in total. The number of hydrogen-bond donors (Lipinski definition) is 1. The average Bonchev–Trinajstić information content (AvgIpc) is 2.05. The number of ether oxygens (including phenoxy) is 1. The van der Waals surface area contributed by atoms with Crippen molar-refractivity contribution in [1.29, 1.82) is 0 Å². The molecular formula is C10H21NO2. The topological polar surface area (TPSA) is 38.3 Å². The third-order valence-electron chi connectivity index (χ3n) is 1.88. The van der Waals surface area contributed by atoms with Crippen molar-refractivity contribution in [3.05, 3.63) is 0 Å². The molecule has 1 atom stereocenters. The minimum absolute atomic E-state index is 0.227. The highest BCUT2D eigenvalue weighted by molar-refractivity contribution is 5.67. The van der Waals surface area contributed by atoms with Gasteiger partial charge in [-0.2, -0.15) is 0 Å². The maximum Gasteiger partial charge on any atom is 0.407 e. The van der Waals surface area contributed by atoms with Gasteiger partial charge in [0.05, 0.1) is 6.61 Å². The fraction of sp³-hybridized carbons (Fsp3) is 0.900. The summed E-state index contributed by atoms with van der Waals surface area (Å²) in [5.41, 5.74) is 0. The molecule has 0 saturated carbocycles. The lowest BCUT2D eigenvalue weighted by Gasteiger charge is -2.12. The molecule has 1 amide bonds. The Bertz CT molecular complexity index is 137. The fourth-order valence-corrected chi connectivity index (χ4v) is 1.15. The highest BCUT2D eigenvalue weighted by Gasteiger charge is 2.06. The second kappa shape index (κ2) is 7.90. The zero-order valence-corrected chi connectivity index (χ0v) is 8.93. The van der Waals surface area contributed by atoms with Gasteiger partial charge in [-0.1, -0.05) is 26.2 Å². The molecule has 0 aliphatic rings. The minimum atomic E-state index is -0.300. The summed E-state index contributed by atoms with van der Waals surface area (Å²) in [6.45, 7) is 6.42. The summed E-state index contributed by atoms with van der Waals surface area (Å²) >= 11 is 0. The number of rotatable bonds is 6. The summed E-state index contributed by atoms with van der Waals surface area (Å²) in [6.07, 6.45) is 4.35. The summed E-state index contributed by atoms with van der Waals surface area (Å²) in [6, 6.07) is 0.227. The summed E-state index contributed by atoms with van der Waals surface area (Å²) in [5.74, 6) is 0. The van der Waals surface area contributed by atoms with Crippen molar-refractivity contribution in [3.63, 3.8) is 0 Å². The highest BCUT2D eigenvalue weighted by atomic mass is 16.5. The van der Waals surface area contributed by atoms with Crippen LogP contribution < -0.4 is 5.32 Å². The molecule has 0 aromatic heterocycles. The predicted octanol–water partition coefficient (Wildman–Crippen LogP) is 2.70. The van der Waals surface area contributed by atoms with E-state index in [0.717, 1.165) is 6.42 Å². The lowest BCUT2D eigenvalue weighted by molar-refractivity contribution is 0.148. The van der Waals surface area contributed by atoms with Crippen molar-refractivity contribution >= 4 is 6.09 Å². The zero-order chi connectivity index (χ0) is 10.1. The average molecular weight is 187 g/mol. The van der Waals surface area contributed by atoms with Gasteiger partial charge >= 0.3 is 6.09 Å². The van der Waals surface area contributed by atoms with Gasteiger partial charge in [-0.05, 0) is 20.3 Å². The molecule has 0 fully saturated rings. The van der Waals surface area contributed by atoms with Crippen molar-refractivity contribution in [1.82, 2.24) is 5.32 Å². The number of alkyl carbamates (subject to hydrolysis) is 1. The first-order valence-electron chi connectivity index (χ1n) is 5.14. The van der Waals surface area contributed by atoms with Crippen LogP contribution in [0.4, 0.5) is 4.79 Å². The zero-order valence-electron chi connectivity index (χ0n) is 8.93. The minimum Gasteiger partial charge on any atom is -0.450 e. The van der Waals surface area contributed by atoms with Gasteiger partial charge in [-0.25, -0.2) is 4.79 Å². The highest BCUT2D eigenvalue weighted by Crippen LogP contribution is 2.02. The molecule has 78 valence electrons. The maximum atomic E-state index is 11.0. The number of hydrogen-bond acceptors (Lipinski definition) is 2. The van der Waals surface area contributed by atoms with Crippen molar-refractivity contribution in [3.8, 4) is 0 Å². The molecule has 0 aliphatic carbocycles. The van der Waals surface area contributed by atoms with Gasteiger partial charge in [0.15, 0.2) is 0 Å². The Labute approximate surface area is 80.8 Å². The molecular weight excluding hydrogens is 166 g/mol. The van der Waals surface area contributed by atoms with E-state index in [0.29, 0.717) is 6.61 Å². The van der Waals surface area contributed by atoms with Crippen LogP contribution >= 0.6 is 0 Å². The molecule has 13 heavy (non-hydrogen) atoms. The Balaban J connectivity index is 3.38. The Kier molecular flexibility index (Phi) is 7.45. The van der Waals surface area contributed by atoms with Gasteiger partial charge in [-0.15, -0.1) is 0 Å².